The molecule has 1 aromatic heterocycles. The molecule has 0 radical (unpaired) electrons. The van der Waals surface area contributed by atoms with Crippen LogP contribution < -0.4 is 4.72 Å². The number of aryl methyl sites for hydroxylation is 3. The van der Waals surface area contributed by atoms with E-state index < -0.39 is 22.7 Å². The molecule has 0 aliphatic heterocycles. The fraction of sp³-hybridized carbons (Fsp3) is 0.160. The molecule has 1 heterocycles. The SMILES string of the molecule is Cc1cc(C)c(S(=O)Nc2ccc3cc(-c4cccc(C(F)(F)F)c4)ccc3n2)c(C)c1. The summed E-state index contributed by atoms with van der Waals surface area (Å²) in [6.45, 7) is 5.86. The van der Waals surface area contributed by atoms with Gasteiger partial charge >= 0.3 is 6.18 Å². The molecule has 1 atom stereocenters. The Balaban J connectivity index is 1.62. The van der Waals surface area contributed by atoms with Gasteiger partial charge in [-0.3, -0.25) is 4.72 Å². The molecule has 3 nitrogen and oxygen atoms in total. The van der Waals surface area contributed by atoms with Gasteiger partial charge in [0.15, 0.2) is 11.0 Å². The molecule has 0 bridgehead atoms. The summed E-state index contributed by atoms with van der Waals surface area (Å²) in [5, 5.41) is 0.777. The molecule has 32 heavy (non-hydrogen) atoms. The minimum Gasteiger partial charge on any atom is -0.285 e. The molecule has 0 fully saturated rings. The van der Waals surface area contributed by atoms with E-state index in [1.54, 1.807) is 30.3 Å². The Kier molecular flexibility index (Phi) is 5.77. The van der Waals surface area contributed by atoms with Gasteiger partial charge in [0, 0.05) is 5.39 Å². The van der Waals surface area contributed by atoms with E-state index in [1.165, 1.54) is 6.07 Å². The number of hydrogen-bond acceptors (Lipinski definition) is 2. The summed E-state index contributed by atoms with van der Waals surface area (Å²) in [6, 6.07) is 18.0. The first-order chi connectivity index (χ1) is 15.1. The summed E-state index contributed by atoms with van der Waals surface area (Å²) in [5.74, 6) is 0.460. The van der Waals surface area contributed by atoms with E-state index in [2.05, 4.69) is 9.71 Å². The second-order valence-corrected chi connectivity index (χ2v) is 8.93. The fourth-order valence-electron chi connectivity index (χ4n) is 3.84. The Hall–Kier alpha value is -3.19. The van der Waals surface area contributed by atoms with Gasteiger partial charge in [-0.05, 0) is 79.4 Å². The molecule has 0 amide bonds. The molecule has 0 aliphatic rings. The lowest BCUT2D eigenvalue weighted by Crippen LogP contribution is -2.09. The van der Waals surface area contributed by atoms with Crippen LogP contribution in [0.4, 0.5) is 19.0 Å². The molecule has 1 unspecified atom stereocenters. The maximum atomic E-state index is 13.0. The number of benzene rings is 3. The molecule has 7 heteroatoms. The maximum Gasteiger partial charge on any atom is 0.416 e. The molecule has 0 saturated carbocycles. The Morgan fingerprint density at radius 2 is 1.53 bits per heavy atom. The number of halogens is 3. The maximum absolute atomic E-state index is 13.0. The third kappa shape index (κ3) is 4.53. The van der Waals surface area contributed by atoms with Crippen molar-refractivity contribution in [2.75, 3.05) is 4.72 Å². The zero-order chi connectivity index (χ0) is 23.0. The zero-order valence-corrected chi connectivity index (χ0v) is 18.6. The van der Waals surface area contributed by atoms with E-state index in [1.807, 2.05) is 39.0 Å². The Morgan fingerprint density at radius 3 is 2.22 bits per heavy atom. The third-order valence-electron chi connectivity index (χ3n) is 5.20. The number of nitrogens with one attached hydrogen (secondary N) is 1. The smallest absolute Gasteiger partial charge is 0.285 e. The number of aromatic nitrogens is 1. The molecule has 164 valence electrons. The van der Waals surface area contributed by atoms with Crippen LogP contribution in [0.3, 0.4) is 0 Å². The minimum absolute atomic E-state index is 0.460. The van der Waals surface area contributed by atoms with Crippen molar-refractivity contribution in [1.82, 2.24) is 4.98 Å². The summed E-state index contributed by atoms with van der Waals surface area (Å²) >= 11 is 0. The second kappa shape index (κ2) is 8.39. The van der Waals surface area contributed by atoms with E-state index in [9.17, 15) is 17.4 Å². The summed E-state index contributed by atoms with van der Waals surface area (Å²) in [7, 11) is -1.47. The van der Waals surface area contributed by atoms with Crippen molar-refractivity contribution >= 4 is 27.7 Å². The largest absolute Gasteiger partial charge is 0.416 e. The summed E-state index contributed by atoms with van der Waals surface area (Å²) in [4.78, 5) is 5.26. The highest BCUT2D eigenvalue weighted by molar-refractivity contribution is 7.86. The number of anilines is 1. The summed E-state index contributed by atoms with van der Waals surface area (Å²) in [5.41, 5.74) is 4.12. The van der Waals surface area contributed by atoms with Crippen molar-refractivity contribution in [2.45, 2.75) is 31.8 Å². The van der Waals surface area contributed by atoms with Crippen LogP contribution in [-0.4, -0.2) is 9.19 Å². The van der Waals surface area contributed by atoms with Gasteiger partial charge in [-0.25, -0.2) is 9.19 Å². The van der Waals surface area contributed by atoms with Crippen molar-refractivity contribution in [3.05, 3.63) is 89.0 Å². The average molecular weight is 455 g/mol. The van der Waals surface area contributed by atoms with Crippen LogP contribution in [-0.2, 0) is 17.2 Å². The van der Waals surface area contributed by atoms with Crippen molar-refractivity contribution in [3.8, 4) is 11.1 Å². The minimum atomic E-state index is -4.39. The first-order valence-corrected chi connectivity index (χ1v) is 11.1. The van der Waals surface area contributed by atoms with Crippen molar-refractivity contribution in [2.24, 2.45) is 0 Å². The van der Waals surface area contributed by atoms with Gasteiger partial charge < -0.3 is 0 Å². The lowest BCUT2D eigenvalue weighted by atomic mass is 10.0. The molecule has 1 N–H and O–H groups in total. The van der Waals surface area contributed by atoms with Gasteiger partial charge in [0.25, 0.3) is 0 Å². The van der Waals surface area contributed by atoms with Gasteiger partial charge in [-0.2, -0.15) is 13.2 Å². The molecular formula is C25H21F3N2OS. The first kappa shape index (κ1) is 22.0. The van der Waals surface area contributed by atoms with Crippen LogP contribution in [0.15, 0.2) is 71.6 Å². The number of fused-ring (bicyclic) bond motifs is 1. The van der Waals surface area contributed by atoms with Gasteiger partial charge in [0.1, 0.15) is 5.82 Å². The van der Waals surface area contributed by atoms with Crippen molar-refractivity contribution in [1.29, 1.82) is 0 Å². The Bertz CT molecular complexity index is 1330. The van der Waals surface area contributed by atoms with E-state index in [0.29, 0.717) is 22.5 Å². The second-order valence-electron chi connectivity index (χ2n) is 7.78. The van der Waals surface area contributed by atoms with Crippen molar-refractivity contribution in [3.63, 3.8) is 0 Å². The van der Waals surface area contributed by atoms with Crippen LogP contribution >= 0.6 is 0 Å². The van der Waals surface area contributed by atoms with Crippen LogP contribution in [0.25, 0.3) is 22.0 Å². The highest BCUT2D eigenvalue weighted by atomic mass is 32.2. The molecular weight excluding hydrogens is 433 g/mol. The van der Waals surface area contributed by atoms with Crippen LogP contribution in [0, 0.1) is 20.8 Å². The topological polar surface area (TPSA) is 42.0 Å². The fourth-order valence-corrected chi connectivity index (χ4v) is 4.95. The quantitative estimate of drug-likeness (QED) is 0.361. The number of pyridine rings is 1. The molecule has 3 aromatic carbocycles. The van der Waals surface area contributed by atoms with E-state index in [0.717, 1.165) is 39.1 Å². The number of alkyl halides is 3. The van der Waals surface area contributed by atoms with Gasteiger partial charge in [-0.1, -0.05) is 35.9 Å². The Morgan fingerprint density at radius 1 is 0.844 bits per heavy atom. The van der Waals surface area contributed by atoms with Crippen LogP contribution in [0.2, 0.25) is 0 Å². The van der Waals surface area contributed by atoms with Crippen molar-refractivity contribution < 1.29 is 17.4 Å². The lowest BCUT2D eigenvalue weighted by molar-refractivity contribution is -0.137. The third-order valence-corrected chi connectivity index (χ3v) is 6.61. The average Bonchev–Trinajstić information content (AvgIpc) is 2.72. The first-order valence-electron chi connectivity index (χ1n) is 9.96. The predicted molar refractivity (Wildman–Crippen MR) is 123 cm³/mol. The molecule has 4 rings (SSSR count). The van der Waals surface area contributed by atoms with Crippen LogP contribution in [0.5, 0.6) is 0 Å². The Labute approximate surface area is 186 Å². The van der Waals surface area contributed by atoms with Gasteiger partial charge in [-0.15, -0.1) is 0 Å². The standard InChI is InChI=1S/C25H21F3N2OS/c1-15-11-16(2)24(17(3)12-15)32(31)30-23-10-8-20-13-19(7-9-22(20)29-23)18-5-4-6-21(14-18)25(26,27)28/h4-14H,1-3H3,(H,29,30). The van der Waals surface area contributed by atoms with E-state index in [4.69, 9.17) is 0 Å². The van der Waals surface area contributed by atoms with Crippen LogP contribution in [0.1, 0.15) is 22.3 Å². The molecule has 4 aromatic rings. The lowest BCUT2D eigenvalue weighted by Gasteiger charge is -2.13. The van der Waals surface area contributed by atoms with E-state index in [-0.39, 0.29) is 0 Å². The number of hydrogen-bond donors (Lipinski definition) is 1. The molecule has 0 saturated heterocycles. The molecule has 0 aliphatic carbocycles. The molecule has 0 spiro atoms. The number of rotatable bonds is 4. The monoisotopic (exact) mass is 454 g/mol. The highest BCUT2D eigenvalue weighted by Gasteiger charge is 2.30. The van der Waals surface area contributed by atoms with E-state index >= 15 is 0 Å². The zero-order valence-electron chi connectivity index (χ0n) is 17.7. The summed E-state index contributed by atoms with van der Waals surface area (Å²) < 4.78 is 55.0. The van der Waals surface area contributed by atoms with Gasteiger partial charge in [0.05, 0.1) is 16.0 Å². The summed E-state index contributed by atoms with van der Waals surface area (Å²) in [6.07, 6.45) is -4.39. The van der Waals surface area contributed by atoms with Gasteiger partial charge in [0.2, 0.25) is 0 Å². The normalized spacial score (nSPS) is 12.7. The highest BCUT2D eigenvalue weighted by Crippen LogP contribution is 2.33. The number of nitrogens with zero attached hydrogens (tertiary/aromatic N) is 1. The predicted octanol–water partition coefficient (Wildman–Crippen LogP) is 6.98.